The van der Waals surface area contributed by atoms with Crippen molar-refractivity contribution in [3.8, 4) is 0 Å². The Morgan fingerprint density at radius 1 is 1.55 bits per heavy atom. The van der Waals surface area contributed by atoms with Crippen molar-refractivity contribution in [3.63, 3.8) is 0 Å². The van der Waals surface area contributed by atoms with E-state index in [0.717, 1.165) is 11.5 Å². The fourth-order valence-corrected chi connectivity index (χ4v) is 3.22. The zero-order chi connectivity index (χ0) is 14.7. The van der Waals surface area contributed by atoms with Gasteiger partial charge in [-0.05, 0) is 19.1 Å². The second-order valence-electron chi connectivity index (χ2n) is 4.66. The van der Waals surface area contributed by atoms with Crippen LogP contribution in [0.25, 0.3) is 0 Å². The summed E-state index contributed by atoms with van der Waals surface area (Å²) in [5.74, 6) is 1.47. The van der Waals surface area contributed by atoms with Gasteiger partial charge in [-0.3, -0.25) is 14.9 Å². The summed E-state index contributed by atoms with van der Waals surface area (Å²) in [5.41, 5.74) is 0.706. The van der Waals surface area contributed by atoms with E-state index in [0.29, 0.717) is 12.2 Å². The number of nitrogens with one attached hydrogen (secondary N) is 1. The van der Waals surface area contributed by atoms with Crippen molar-refractivity contribution < 1.29 is 9.72 Å². The molecule has 2 rings (SSSR count). The van der Waals surface area contributed by atoms with Gasteiger partial charge in [-0.25, -0.2) is 0 Å². The average Bonchev–Trinajstić information content (AvgIpc) is 2.46. The van der Waals surface area contributed by atoms with Crippen LogP contribution in [0.4, 0.5) is 11.4 Å². The Hall–Kier alpha value is -1.76. The number of carbonyl (C=O) groups excluding carboxylic acids is 1. The molecule has 1 amide bonds. The van der Waals surface area contributed by atoms with Gasteiger partial charge in [-0.1, -0.05) is 0 Å². The third kappa shape index (κ3) is 2.87. The van der Waals surface area contributed by atoms with Gasteiger partial charge in [0.1, 0.15) is 5.56 Å². The summed E-state index contributed by atoms with van der Waals surface area (Å²) < 4.78 is 0. The summed E-state index contributed by atoms with van der Waals surface area (Å²) >= 11 is 1.80. The van der Waals surface area contributed by atoms with E-state index in [1.165, 1.54) is 6.07 Å². The van der Waals surface area contributed by atoms with Crippen molar-refractivity contribution >= 4 is 29.0 Å². The number of rotatable bonds is 3. The molecule has 1 aromatic carbocycles. The van der Waals surface area contributed by atoms with Crippen LogP contribution in [0.1, 0.15) is 17.3 Å². The van der Waals surface area contributed by atoms with Crippen molar-refractivity contribution in [2.45, 2.75) is 13.0 Å². The number of hydrogen-bond acceptors (Lipinski definition) is 5. The first kappa shape index (κ1) is 14.6. The van der Waals surface area contributed by atoms with E-state index in [9.17, 15) is 14.9 Å². The quantitative estimate of drug-likeness (QED) is 0.683. The van der Waals surface area contributed by atoms with Crippen LogP contribution < -0.4 is 5.32 Å². The van der Waals surface area contributed by atoms with Gasteiger partial charge in [0, 0.05) is 42.9 Å². The second kappa shape index (κ2) is 6.13. The standard InChI is InChI=1S/C13H17N3O3S/c1-9-8-20-6-5-15(9)13(17)11-7-10(14-2)3-4-12(11)16(18)19/h3-4,7,9,14H,5-6,8H2,1-2H3. The van der Waals surface area contributed by atoms with E-state index in [1.807, 2.05) is 6.92 Å². The van der Waals surface area contributed by atoms with Crippen LogP contribution in [0.15, 0.2) is 18.2 Å². The zero-order valence-corrected chi connectivity index (χ0v) is 12.3. The molecule has 1 N–H and O–H groups in total. The molecule has 1 unspecified atom stereocenters. The molecule has 1 aromatic rings. The fourth-order valence-electron chi connectivity index (χ4n) is 2.21. The first-order chi connectivity index (χ1) is 9.54. The number of nitro benzene ring substituents is 1. The number of hydrogen-bond donors (Lipinski definition) is 1. The Bertz CT molecular complexity index is 536. The molecule has 1 fully saturated rings. The second-order valence-corrected chi connectivity index (χ2v) is 5.81. The average molecular weight is 295 g/mol. The van der Waals surface area contributed by atoms with E-state index in [4.69, 9.17) is 0 Å². The molecule has 20 heavy (non-hydrogen) atoms. The van der Waals surface area contributed by atoms with Gasteiger partial charge in [-0.2, -0.15) is 11.8 Å². The number of benzene rings is 1. The minimum atomic E-state index is -0.504. The number of nitrogens with zero attached hydrogens (tertiary/aromatic N) is 2. The Morgan fingerprint density at radius 3 is 2.90 bits per heavy atom. The van der Waals surface area contributed by atoms with E-state index >= 15 is 0 Å². The molecule has 0 spiro atoms. The lowest BCUT2D eigenvalue weighted by Gasteiger charge is -2.33. The van der Waals surface area contributed by atoms with Gasteiger partial charge < -0.3 is 10.2 Å². The molecule has 7 heteroatoms. The molecule has 1 atom stereocenters. The van der Waals surface area contributed by atoms with Crippen molar-refractivity contribution in [1.82, 2.24) is 4.90 Å². The first-order valence-electron chi connectivity index (χ1n) is 6.39. The first-order valence-corrected chi connectivity index (χ1v) is 7.55. The maximum atomic E-state index is 12.6. The monoisotopic (exact) mass is 295 g/mol. The molecular weight excluding hydrogens is 278 g/mol. The van der Waals surface area contributed by atoms with Gasteiger partial charge in [-0.15, -0.1) is 0 Å². The van der Waals surface area contributed by atoms with Crippen LogP contribution in [0.3, 0.4) is 0 Å². The molecule has 1 aliphatic heterocycles. The molecule has 0 aliphatic carbocycles. The molecule has 1 aliphatic rings. The van der Waals surface area contributed by atoms with Crippen molar-refractivity contribution in [1.29, 1.82) is 0 Å². The Kier molecular flexibility index (Phi) is 4.49. The molecule has 108 valence electrons. The minimum Gasteiger partial charge on any atom is -0.388 e. The van der Waals surface area contributed by atoms with Gasteiger partial charge in [0.25, 0.3) is 11.6 Å². The highest BCUT2D eigenvalue weighted by atomic mass is 32.2. The normalized spacial score (nSPS) is 18.7. The molecule has 0 saturated carbocycles. The van der Waals surface area contributed by atoms with E-state index < -0.39 is 4.92 Å². The summed E-state index contributed by atoms with van der Waals surface area (Å²) in [6.07, 6.45) is 0. The lowest BCUT2D eigenvalue weighted by molar-refractivity contribution is -0.385. The minimum absolute atomic E-state index is 0.0964. The summed E-state index contributed by atoms with van der Waals surface area (Å²) in [5, 5.41) is 14.0. The Labute approximate surface area is 121 Å². The maximum absolute atomic E-state index is 12.6. The van der Waals surface area contributed by atoms with Crippen LogP contribution in [-0.2, 0) is 0 Å². The predicted octanol–water partition coefficient (Wildman–Crippen LogP) is 2.21. The summed E-state index contributed by atoms with van der Waals surface area (Å²) in [6, 6.07) is 4.63. The molecule has 0 radical (unpaired) electrons. The number of carbonyl (C=O) groups is 1. The van der Waals surface area contributed by atoms with Crippen molar-refractivity contribution in [2.24, 2.45) is 0 Å². The van der Waals surface area contributed by atoms with Crippen LogP contribution in [0.2, 0.25) is 0 Å². The van der Waals surface area contributed by atoms with Gasteiger partial charge in [0.15, 0.2) is 0 Å². The molecule has 1 saturated heterocycles. The molecule has 0 aromatic heterocycles. The largest absolute Gasteiger partial charge is 0.388 e. The zero-order valence-electron chi connectivity index (χ0n) is 11.5. The number of amides is 1. The van der Waals surface area contributed by atoms with E-state index in [-0.39, 0.29) is 23.2 Å². The molecular formula is C13H17N3O3S. The highest BCUT2D eigenvalue weighted by Gasteiger charge is 2.29. The Morgan fingerprint density at radius 2 is 2.30 bits per heavy atom. The summed E-state index contributed by atoms with van der Waals surface area (Å²) in [7, 11) is 1.72. The summed E-state index contributed by atoms with van der Waals surface area (Å²) in [4.78, 5) is 24.9. The maximum Gasteiger partial charge on any atom is 0.282 e. The molecule has 1 heterocycles. The van der Waals surface area contributed by atoms with E-state index in [1.54, 1.807) is 35.8 Å². The van der Waals surface area contributed by atoms with Crippen LogP contribution >= 0.6 is 11.8 Å². The lowest BCUT2D eigenvalue weighted by atomic mass is 10.1. The van der Waals surface area contributed by atoms with E-state index in [2.05, 4.69) is 5.32 Å². The highest BCUT2D eigenvalue weighted by Crippen LogP contribution is 2.26. The lowest BCUT2D eigenvalue weighted by Crippen LogP contribution is -2.44. The molecule has 6 nitrogen and oxygen atoms in total. The fraction of sp³-hybridized carbons (Fsp3) is 0.462. The van der Waals surface area contributed by atoms with Gasteiger partial charge >= 0.3 is 0 Å². The van der Waals surface area contributed by atoms with Gasteiger partial charge in [0.2, 0.25) is 0 Å². The van der Waals surface area contributed by atoms with Crippen molar-refractivity contribution in [2.75, 3.05) is 30.4 Å². The smallest absolute Gasteiger partial charge is 0.282 e. The number of thioether (sulfide) groups is 1. The summed E-state index contributed by atoms with van der Waals surface area (Å²) in [6.45, 7) is 2.60. The predicted molar refractivity (Wildman–Crippen MR) is 80.5 cm³/mol. The Balaban J connectivity index is 2.38. The third-order valence-electron chi connectivity index (χ3n) is 3.34. The van der Waals surface area contributed by atoms with Crippen LogP contribution in [-0.4, -0.2) is 46.9 Å². The topological polar surface area (TPSA) is 75.5 Å². The van der Waals surface area contributed by atoms with Crippen LogP contribution in [0, 0.1) is 10.1 Å². The van der Waals surface area contributed by atoms with Crippen LogP contribution in [0.5, 0.6) is 0 Å². The van der Waals surface area contributed by atoms with Crippen molar-refractivity contribution in [3.05, 3.63) is 33.9 Å². The molecule has 0 bridgehead atoms. The van der Waals surface area contributed by atoms with Gasteiger partial charge in [0.05, 0.1) is 4.92 Å². The third-order valence-corrected chi connectivity index (χ3v) is 4.53. The number of anilines is 1. The highest BCUT2D eigenvalue weighted by molar-refractivity contribution is 7.99. The SMILES string of the molecule is CNc1ccc([N+](=O)[O-])c(C(=O)N2CCSCC2C)c1. The number of nitro groups is 1.